The molecule has 0 unspecified atom stereocenters. The summed E-state index contributed by atoms with van der Waals surface area (Å²) in [6.07, 6.45) is 0. The van der Waals surface area contributed by atoms with Crippen LogP contribution in [0.1, 0.15) is 24.1 Å². The molecule has 0 bridgehead atoms. The van der Waals surface area contributed by atoms with Gasteiger partial charge in [-0.3, -0.25) is 0 Å². The minimum atomic E-state index is -0.000287. The summed E-state index contributed by atoms with van der Waals surface area (Å²) in [6.45, 7) is 2.47. The molecule has 0 radical (unpaired) electrons. The van der Waals surface area contributed by atoms with Crippen molar-refractivity contribution in [3.8, 4) is 5.75 Å². The molecule has 4 heteroatoms. The van der Waals surface area contributed by atoms with Gasteiger partial charge in [-0.25, -0.2) is 0 Å². The van der Waals surface area contributed by atoms with Crippen LogP contribution in [0.25, 0.3) is 0 Å². The maximum Gasteiger partial charge on any atom is 0.120 e. The largest absolute Gasteiger partial charge is 0.489 e. The van der Waals surface area contributed by atoms with E-state index >= 15 is 0 Å². The molecule has 0 spiro atoms. The van der Waals surface area contributed by atoms with Crippen molar-refractivity contribution in [3.05, 3.63) is 63.1 Å². The lowest BCUT2D eigenvalue weighted by Gasteiger charge is -2.11. The van der Waals surface area contributed by atoms with Gasteiger partial charge in [0.1, 0.15) is 12.4 Å². The van der Waals surface area contributed by atoms with Crippen LogP contribution in [0.15, 0.2) is 46.9 Å². The third-order valence-corrected chi connectivity index (χ3v) is 3.72. The van der Waals surface area contributed by atoms with Crippen LogP contribution in [-0.2, 0) is 6.61 Å². The second-order valence-electron chi connectivity index (χ2n) is 4.39. The first kappa shape index (κ1) is 14.4. The van der Waals surface area contributed by atoms with Crippen molar-refractivity contribution in [2.24, 2.45) is 5.73 Å². The molecule has 2 rings (SSSR count). The van der Waals surface area contributed by atoms with Gasteiger partial charge in [0.25, 0.3) is 0 Å². The molecule has 0 aliphatic rings. The van der Waals surface area contributed by atoms with Crippen molar-refractivity contribution in [2.75, 3.05) is 0 Å². The molecule has 2 aromatic carbocycles. The predicted octanol–water partition coefficient (Wildman–Crippen LogP) is 4.70. The predicted molar refractivity (Wildman–Crippen MR) is 82.5 cm³/mol. The number of halogens is 2. The first-order chi connectivity index (χ1) is 9.06. The number of hydrogen-bond donors (Lipinski definition) is 1. The highest BCUT2D eigenvalue weighted by molar-refractivity contribution is 9.10. The molecule has 2 nitrogen and oxygen atoms in total. The molecule has 0 amide bonds. The molecule has 0 fully saturated rings. The summed E-state index contributed by atoms with van der Waals surface area (Å²) in [5.41, 5.74) is 8.01. The van der Waals surface area contributed by atoms with E-state index in [1.54, 1.807) is 0 Å². The number of ether oxygens (including phenoxy) is 1. The fourth-order valence-electron chi connectivity index (χ4n) is 1.71. The van der Waals surface area contributed by atoms with Gasteiger partial charge in [0.15, 0.2) is 0 Å². The molecular formula is C15H15BrClNO. The van der Waals surface area contributed by atoms with Crippen molar-refractivity contribution in [1.82, 2.24) is 0 Å². The van der Waals surface area contributed by atoms with E-state index < -0.39 is 0 Å². The Kier molecular flexibility index (Phi) is 4.86. The molecule has 0 aromatic heterocycles. The molecule has 0 aliphatic heterocycles. The average Bonchev–Trinajstić information content (AvgIpc) is 2.37. The molecule has 0 aliphatic carbocycles. The van der Waals surface area contributed by atoms with Crippen LogP contribution in [0.4, 0.5) is 0 Å². The zero-order valence-electron chi connectivity index (χ0n) is 10.6. The zero-order chi connectivity index (χ0) is 13.8. The van der Waals surface area contributed by atoms with Gasteiger partial charge < -0.3 is 10.5 Å². The Morgan fingerprint density at radius 3 is 2.47 bits per heavy atom. The quantitative estimate of drug-likeness (QED) is 0.875. The van der Waals surface area contributed by atoms with Crippen molar-refractivity contribution in [3.63, 3.8) is 0 Å². The fourth-order valence-corrected chi connectivity index (χ4v) is 2.56. The summed E-state index contributed by atoms with van der Waals surface area (Å²) in [5, 5.41) is 0.729. The Morgan fingerprint density at radius 1 is 1.21 bits per heavy atom. The van der Waals surface area contributed by atoms with Gasteiger partial charge in [0.2, 0.25) is 0 Å². The van der Waals surface area contributed by atoms with E-state index in [1.165, 1.54) is 0 Å². The van der Waals surface area contributed by atoms with E-state index in [9.17, 15) is 0 Å². The average molecular weight is 341 g/mol. The van der Waals surface area contributed by atoms with E-state index in [4.69, 9.17) is 22.1 Å². The monoisotopic (exact) mass is 339 g/mol. The molecular weight excluding hydrogens is 326 g/mol. The van der Waals surface area contributed by atoms with Crippen LogP contribution in [0.3, 0.4) is 0 Å². The number of benzene rings is 2. The highest BCUT2D eigenvalue weighted by Gasteiger charge is 2.06. The van der Waals surface area contributed by atoms with Crippen molar-refractivity contribution in [2.45, 2.75) is 19.6 Å². The van der Waals surface area contributed by atoms with Crippen LogP contribution < -0.4 is 10.5 Å². The second kappa shape index (κ2) is 6.42. The first-order valence-corrected chi connectivity index (χ1v) is 7.15. The molecule has 2 aromatic rings. The lowest BCUT2D eigenvalue weighted by atomic mass is 10.1. The molecule has 19 heavy (non-hydrogen) atoms. The Bertz CT molecular complexity index is 555. The topological polar surface area (TPSA) is 35.2 Å². The molecule has 0 saturated heterocycles. The van der Waals surface area contributed by atoms with E-state index in [1.807, 2.05) is 49.4 Å². The van der Waals surface area contributed by atoms with Gasteiger partial charge in [-0.05, 0) is 42.3 Å². The number of nitrogens with two attached hydrogens (primary N) is 1. The Morgan fingerprint density at radius 2 is 1.89 bits per heavy atom. The maximum atomic E-state index is 5.86. The van der Waals surface area contributed by atoms with Crippen LogP contribution in [0.5, 0.6) is 5.75 Å². The SMILES string of the molecule is C[C@@H](N)c1ccc(OCc2ccc(Cl)cc2)cc1Br. The van der Waals surface area contributed by atoms with E-state index in [-0.39, 0.29) is 6.04 Å². The number of rotatable bonds is 4. The summed E-state index contributed by atoms with van der Waals surface area (Å²) in [7, 11) is 0. The van der Waals surface area contributed by atoms with Crippen molar-refractivity contribution < 1.29 is 4.74 Å². The van der Waals surface area contributed by atoms with Gasteiger partial charge in [0, 0.05) is 15.5 Å². The standard InChI is InChI=1S/C15H15BrClNO/c1-10(18)14-7-6-13(8-15(14)16)19-9-11-2-4-12(17)5-3-11/h2-8,10H,9,18H2,1H3/t10-/m1/s1. The van der Waals surface area contributed by atoms with Gasteiger partial charge in [0.05, 0.1) is 0 Å². The van der Waals surface area contributed by atoms with Crippen LogP contribution >= 0.6 is 27.5 Å². The highest BCUT2D eigenvalue weighted by atomic mass is 79.9. The summed E-state index contributed by atoms with van der Waals surface area (Å²) in [6, 6.07) is 13.5. The Hall–Kier alpha value is -1.03. The van der Waals surface area contributed by atoms with Crippen LogP contribution in [0, 0.1) is 0 Å². The van der Waals surface area contributed by atoms with E-state index in [0.29, 0.717) is 6.61 Å². The summed E-state index contributed by atoms with van der Waals surface area (Å²) < 4.78 is 6.70. The highest BCUT2D eigenvalue weighted by Crippen LogP contribution is 2.27. The lowest BCUT2D eigenvalue weighted by Crippen LogP contribution is -2.05. The molecule has 100 valence electrons. The fraction of sp³-hybridized carbons (Fsp3) is 0.200. The van der Waals surface area contributed by atoms with Crippen molar-refractivity contribution >= 4 is 27.5 Å². The van der Waals surface area contributed by atoms with Crippen LogP contribution in [-0.4, -0.2) is 0 Å². The number of hydrogen-bond acceptors (Lipinski definition) is 2. The second-order valence-corrected chi connectivity index (χ2v) is 5.68. The molecule has 1 atom stereocenters. The maximum absolute atomic E-state index is 5.86. The third-order valence-electron chi connectivity index (χ3n) is 2.78. The lowest BCUT2D eigenvalue weighted by molar-refractivity contribution is 0.306. The molecule has 0 heterocycles. The summed E-state index contributed by atoms with van der Waals surface area (Å²) in [5.74, 6) is 0.811. The summed E-state index contributed by atoms with van der Waals surface area (Å²) >= 11 is 9.34. The van der Waals surface area contributed by atoms with Crippen LogP contribution in [0.2, 0.25) is 5.02 Å². The summed E-state index contributed by atoms with van der Waals surface area (Å²) in [4.78, 5) is 0. The van der Waals surface area contributed by atoms with E-state index in [0.717, 1.165) is 26.4 Å². The zero-order valence-corrected chi connectivity index (χ0v) is 12.9. The minimum Gasteiger partial charge on any atom is -0.489 e. The smallest absolute Gasteiger partial charge is 0.120 e. The Balaban J connectivity index is 2.04. The minimum absolute atomic E-state index is 0.000287. The van der Waals surface area contributed by atoms with Gasteiger partial charge in [-0.2, -0.15) is 0 Å². The van der Waals surface area contributed by atoms with Gasteiger partial charge in [-0.15, -0.1) is 0 Å². The Labute approximate surface area is 126 Å². The normalized spacial score (nSPS) is 12.2. The first-order valence-electron chi connectivity index (χ1n) is 5.98. The molecule has 0 saturated carbocycles. The van der Waals surface area contributed by atoms with Crippen molar-refractivity contribution in [1.29, 1.82) is 0 Å². The molecule has 2 N–H and O–H groups in total. The third kappa shape index (κ3) is 3.96. The van der Waals surface area contributed by atoms with E-state index in [2.05, 4.69) is 15.9 Å². The van der Waals surface area contributed by atoms with Gasteiger partial charge >= 0.3 is 0 Å². The van der Waals surface area contributed by atoms with Gasteiger partial charge in [-0.1, -0.05) is 45.7 Å².